The van der Waals surface area contributed by atoms with Gasteiger partial charge in [0.1, 0.15) is 18.3 Å². The first-order valence-corrected chi connectivity index (χ1v) is 14.5. The Morgan fingerprint density at radius 3 is 2.33 bits per heavy atom. The highest BCUT2D eigenvalue weighted by Gasteiger charge is 2.32. The number of unbranched alkanes of at least 4 members (excludes halogenated alkanes) is 1. The zero-order chi connectivity index (χ0) is 28.4. The molecule has 208 valence electrons. The smallest absolute Gasteiger partial charge is 0.264 e. The predicted octanol–water partition coefficient (Wildman–Crippen LogP) is 4.88. The highest BCUT2D eigenvalue weighted by atomic mass is 35.5. The third kappa shape index (κ3) is 7.97. The van der Waals surface area contributed by atoms with Crippen molar-refractivity contribution in [3.8, 4) is 5.75 Å². The number of benzene rings is 3. The van der Waals surface area contributed by atoms with Crippen molar-refractivity contribution in [3.63, 3.8) is 0 Å². The fourth-order valence-electron chi connectivity index (χ4n) is 3.94. The molecule has 1 N–H and O–H groups in total. The number of sulfonamides is 1. The average Bonchev–Trinajstić information content (AvgIpc) is 2.95. The van der Waals surface area contributed by atoms with Crippen LogP contribution in [0.15, 0.2) is 83.8 Å². The van der Waals surface area contributed by atoms with Crippen LogP contribution >= 0.6 is 11.6 Å². The fraction of sp³-hybridized carbons (Fsp3) is 0.310. The lowest BCUT2D eigenvalue weighted by molar-refractivity contribution is -0.139. The molecule has 39 heavy (non-hydrogen) atoms. The minimum absolute atomic E-state index is 0.0393. The number of nitrogens with one attached hydrogen (secondary N) is 1. The van der Waals surface area contributed by atoms with Crippen molar-refractivity contribution in [1.29, 1.82) is 0 Å². The number of carbonyl (C=O) groups excluding carboxylic acids is 2. The summed E-state index contributed by atoms with van der Waals surface area (Å²) in [5.41, 5.74) is 1.01. The van der Waals surface area contributed by atoms with Crippen molar-refractivity contribution in [1.82, 2.24) is 10.2 Å². The number of rotatable bonds is 13. The first-order valence-electron chi connectivity index (χ1n) is 12.7. The second-order valence-electron chi connectivity index (χ2n) is 8.99. The molecule has 0 spiro atoms. The van der Waals surface area contributed by atoms with Crippen molar-refractivity contribution in [3.05, 3.63) is 89.4 Å². The second kappa shape index (κ2) is 14.0. The van der Waals surface area contributed by atoms with Crippen LogP contribution in [0.5, 0.6) is 5.75 Å². The van der Waals surface area contributed by atoms with Crippen molar-refractivity contribution in [2.45, 2.75) is 44.2 Å². The summed E-state index contributed by atoms with van der Waals surface area (Å²) < 4.78 is 33.8. The number of halogens is 1. The number of anilines is 1. The summed E-state index contributed by atoms with van der Waals surface area (Å²) in [6.07, 6.45) is 1.72. The number of methoxy groups -OCH3 is 1. The Morgan fingerprint density at radius 1 is 1.00 bits per heavy atom. The first kappa shape index (κ1) is 30.0. The Kier molecular flexibility index (Phi) is 10.8. The highest BCUT2D eigenvalue weighted by molar-refractivity contribution is 7.92. The Balaban J connectivity index is 1.99. The second-order valence-corrected chi connectivity index (χ2v) is 11.3. The van der Waals surface area contributed by atoms with Gasteiger partial charge >= 0.3 is 0 Å². The van der Waals surface area contributed by atoms with Gasteiger partial charge in [-0.05, 0) is 67.4 Å². The monoisotopic (exact) mass is 571 g/mol. The molecule has 3 aromatic carbocycles. The molecular weight excluding hydrogens is 538 g/mol. The molecule has 1 unspecified atom stereocenters. The molecular formula is C29H34ClN3O5S. The zero-order valence-corrected chi connectivity index (χ0v) is 23.9. The third-order valence-electron chi connectivity index (χ3n) is 6.21. The van der Waals surface area contributed by atoms with Crippen LogP contribution in [0.3, 0.4) is 0 Å². The summed E-state index contributed by atoms with van der Waals surface area (Å²) >= 11 is 6.05. The summed E-state index contributed by atoms with van der Waals surface area (Å²) in [6, 6.07) is 20.4. The lowest BCUT2D eigenvalue weighted by Crippen LogP contribution is -2.51. The van der Waals surface area contributed by atoms with Crippen LogP contribution in [0.2, 0.25) is 5.02 Å². The van der Waals surface area contributed by atoms with Crippen LogP contribution in [0, 0.1) is 0 Å². The quantitative estimate of drug-likeness (QED) is 0.295. The largest absolute Gasteiger partial charge is 0.497 e. The molecule has 0 aliphatic carbocycles. The molecule has 0 fully saturated rings. The molecule has 3 rings (SSSR count). The molecule has 10 heteroatoms. The first-order chi connectivity index (χ1) is 18.7. The highest BCUT2D eigenvalue weighted by Crippen LogP contribution is 2.26. The molecule has 1 atom stereocenters. The Bertz CT molecular complexity index is 1350. The Morgan fingerprint density at radius 2 is 1.69 bits per heavy atom. The van der Waals surface area contributed by atoms with E-state index in [9.17, 15) is 18.0 Å². The molecule has 3 aromatic rings. The predicted molar refractivity (Wildman–Crippen MR) is 153 cm³/mol. The third-order valence-corrected chi connectivity index (χ3v) is 8.25. The van der Waals surface area contributed by atoms with Gasteiger partial charge in [-0.15, -0.1) is 0 Å². The van der Waals surface area contributed by atoms with Crippen LogP contribution in [0.1, 0.15) is 32.3 Å². The van der Waals surface area contributed by atoms with Crippen LogP contribution in [-0.4, -0.2) is 51.4 Å². The zero-order valence-electron chi connectivity index (χ0n) is 22.3. The van der Waals surface area contributed by atoms with Crippen LogP contribution in [-0.2, 0) is 26.2 Å². The molecule has 0 saturated heterocycles. The molecule has 0 aliphatic heterocycles. The van der Waals surface area contributed by atoms with Gasteiger partial charge in [0.05, 0.1) is 17.7 Å². The van der Waals surface area contributed by atoms with Crippen molar-refractivity contribution >= 4 is 39.1 Å². The van der Waals surface area contributed by atoms with E-state index in [0.29, 0.717) is 17.3 Å². The topological polar surface area (TPSA) is 96.0 Å². The van der Waals surface area contributed by atoms with Gasteiger partial charge in [-0.25, -0.2) is 8.42 Å². The van der Waals surface area contributed by atoms with E-state index in [-0.39, 0.29) is 23.0 Å². The van der Waals surface area contributed by atoms with Gasteiger partial charge in [0.2, 0.25) is 11.8 Å². The maximum atomic E-state index is 13.9. The van der Waals surface area contributed by atoms with Crippen molar-refractivity contribution < 1.29 is 22.7 Å². The van der Waals surface area contributed by atoms with Gasteiger partial charge in [0.15, 0.2) is 0 Å². The molecule has 0 heterocycles. The van der Waals surface area contributed by atoms with Gasteiger partial charge in [0.25, 0.3) is 10.0 Å². The average molecular weight is 572 g/mol. The van der Waals surface area contributed by atoms with E-state index in [1.165, 1.54) is 17.0 Å². The number of ether oxygens (including phenoxy) is 1. The summed E-state index contributed by atoms with van der Waals surface area (Å²) in [7, 11) is -2.57. The Labute approximate surface area is 235 Å². The van der Waals surface area contributed by atoms with Gasteiger partial charge in [0, 0.05) is 18.1 Å². The van der Waals surface area contributed by atoms with E-state index in [2.05, 4.69) is 5.32 Å². The standard InChI is InChI=1S/C29H34ClN3O5S/c1-4-5-18-31-29(35)22(2)32(20-23-10-9-11-26(19-23)38-3)28(34)21-33(25-16-14-24(30)15-17-25)39(36,37)27-12-7-6-8-13-27/h6-17,19,22H,4-5,18,20-21H2,1-3H3,(H,31,35). The van der Waals surface area contributed by atoms with E-state index in [0.717, 1.165) is 22.7 Å². The van der Waals surface area contributed by atoms with Crippen LogP contribution < -0.4 is 14.4 Å². The maximum absolute atomic E-state index is 13.9. The molecule has 2 amide bonds. The number of carbonyl (C=O) groups is 2. The van der Waals surface area contributed by atoms with E-state index < -0.39 is 28.5 Å². The summed E-state index contributed by atoms with van der Waals surface area (Å²) in [6.45, 7) is 3.71. The van der Waals surface area contributed by atoms with Gasteiger partial charge in [-0.3, -0.25) is 13.9 Å². The van der Waals surface area contributed by atoms with E-state index in [1.54, 1.807) is 74.7 Å². The summed E-state index contributed by atoms with van der Waals surface area (Å²) in [5.74, 6) is -0.247. The maximum Gasteiger partial charge on any atom is 0.264 e. The number of hydrogen-bond donors (Lipinski definition) is 1. The van der Waals surface area contributed by atoms with Crippen molar-refractivity contribution in [2.75, 3.05) is 24.5 Å². The van der Waals surface area contributed by atoms with E-state index in [1.807, 2.05) is 13.0 Å². The van der Waals surface area contributed by atoms with Crippen LogP contribution in [0.25, 0.3) is 0 Å². The molecule has 0 saturated carbocycles. The van der Waals surface area contributed by atoms with E-state index in [4.69, 9.17) is 16.3 Å². The lowest BCUT2D eigenvalue weighted by Gasteiger charge is -2.32. The molecule has 0 radical (unpaired) electrons. The van der Waals surface area contributed by atoms with Gasteiger partial charge in [-0.2, -0.15) is 0 Å². The minimum Gasteiger partial charge on any atom is -0.497 e. The summed E-state index contributed by atoms with van der Waals surface area (Å²) in [4.78, 5) is 28.3. The minimum atomic E-state index is -4.12. The molecule has 0 aromatic heterocycles. The van der Waals surface area contributed by atoms with E-state index >= 15 is 0 Å². The number of nitrogens with zero attached hydrogens (tertiary/aromatic N) is 2. The lowest BCUT2D eigenvalue weighted by atomic mass is 10.1. The van der Waals surface area contributed by atoms with Crippen LogP contribution in [0.4, 0.5) is 5.69 Å². The summed E-state index contributed by atoms with van der Waals surface area (Å²) in [5, 5.41) is 3.30. The van der Waals surface area contributed by atoms with Gasteiger partial charge < -0.3 is 15.0 Å². The fourth-order valence-corrected chi connectivity index (χ4v) is 5.50. The molecule has 0 aliphatic rings. The van der Waals surface area contributed by atoms with Crippen molar-refractivity contribution in [2.24, 2.45) is 0 Å². The molecule has 8 nitrogen and oxygen atoms in total. The van der Waals surface area contributed by atoms with Gasteiger partial charge in [-0.1, -0.05) is 55.3 Å². The Hall–Kier alpha value is -3.56. The SMILES string of the molecule is CCCCNC(=O)C(C)N(Cc1cccc(OC)c1)C(=O)CN(c1ccc(Cl)cc1)S(=O)(=O)c1ccccc1. The number of hydrogen-bond acceptors (Lipinski definition) is 5. The number of amides is 2. The molecule has 0 bridgehead atoms. The normalized spacial score (nSPS) is 11.9.